The molecule has 0 saturated carbocycles. The monoisotopic (exact) mass is 446 g/mol. The number of carboxylic acids is 1. The summed E-state index contributed by atoms with van der Waals surface area (Å²) in [5.41, 5.74) is 6.28. The molecule has 0 saturated heterocycles. The number of aromatic nitrogens is 2. The predicted octanol–water partition coefficient (Wildman–Crippen LogP) is 6.82. The molecule has 0 fully saturated rings. The van der Waals surface area contributed by atoms with Crippen LogP contribution in [0.15, 0.2) is 72.9 Å². The number of nitrogens with zero attached hydrogens (tertiary/aromatic N) is 1. The molecule has 4 nitrogen and oxygen atoms in total. The van der Waals surface area contributed by atoms with Crippen molar-refractivity contribution in [3.8, 4) is 0 Å². The number of aromatic amines is 1. The van der Waals surface area contributed by atoms with Crippen molar-refractivity contribution in [1.82, 2.24) is 10.2 Å². The van der Waals surface area contributed by atoms with E-state index in [-0.39, 0.29) is 5.82 Å². The van der Waals surface area contributed by atoms with Gasteiger partial charge in [0.1, 0.15) is 5.82 Å². The highest BCUT2D eigenvalue weighted by molar-refractivity contribution is 6.32. The highest BCUT2D eigenvalue weighted by atomic mass is 35.5. The summed E-state index contributed by atoms with van der Waals surface area (Å²) in [5, 5.41) is 17.4. The van der Waals surface area contributed by atoms with Gasteiger partial charge in [-0.1, -0.05) is 61.0 Å². The third kappa shape index (κ3) is 4.34. The first-order chi connectivity index (χ1) is 15.5. The van der Waals surface area contributed by atoms with Gasteiger partial charge in [0.2, 0.25) is 0 Å². The fourth-order valence-corrected chi connectivity index (χ4v) is 4.12. The topological polar surface area (TPSA) is 66.0 Å². The standard InChI is InChI=1S/C26H20ClFN2O2/c1-2-19(20-12-11-18(28)14-23(20)27)26(21-4-3-5-24-22(21)15-29-30-24)17-9-6-16(7-10-17)8-13-25(31)32/h3-15H,2H2,1H3,(H,29,30)(H,31,32)/b13-8+,26-19+. The van der Waals surface area contributed by atoms with Gasteiger partial charge in [0.05, 0.1) is 16.7 Å². The minimum absolute atomic E-state index is 0.347. The lowest BCUT2D eigenvalue weighted by Crippen LogP contribution is -1.97. The molecule has 0 amide bonds. The van der Waals surface area contributed by atoms with E-state index in [0.717, 1.165) is 50.4 Å². The molecule has 0 aliphatic carbocycles. The van der Waals surface area contributed by atoms with Crippen LogP contribution >= 0.6 is 11.6 Å². The summed E-state index contributed by atoms with van der Waals surface area (Å²) in [6.45, 7) is 2.04. The van der Waals surface area contributed by atoms with Crippen LogP contribution in [0.3, 0.4) is 0 Å². The lowest BCUT2D eigenvalue weighted by molar-refractivity contribution is -0.131. The Balaban J connectivity index is 1.98. The predicted molar refractivity (Wildman–Crippen MR) is 127 cm³/mol. The average Bonchev–Trinajstić information content (AvgIpc) is 3.26. The van der Waals surface area contributed by atoms with Crippen LogP contribution in [0.4, 0.5) is 4.39 Å². The molecule has 6 heteroatoms. The van der Waals surface area contributed by atoms with Gasteiger partial charge in [-0.2, -0.15) is 5.10 Å². The number of nitrogens with one attached hydrogen (secondary N) is 1. The number of fused-ring (bicyclic) bond motifs is 1. The Morgan fingerprint density at radius 3 is 2.59 bits per heavy atom. The lowest BCUT2D eigenvalue weighted by Gasteiger charge is -2.18. The maximum absolute atomic E-state index is 13.7. The molecule has 32 heavy (non-hydrogen) atoms. The molecule has 1 aromatic heterocycles. The SMILES string of the molecule is CC/C(=C(/c1ccc(/C=C/C(=O)O)cc1)c1cccc2[nH]ncc12)c1ccc(F)cc1Cl. The largest absolute Gasteiger partial charge is 0.478 e. The number of rotatable bonds is 6. The molecule has 4 rings (SSSR count). The van der Waals surface area contributed by atoms with Crippen LogP contribution in [0.25, 0.3) is 28.1 Å². The molecular formula is C26H20ClFN2O2. The number of hydrogen-bond acceptors (Lipinski definition) is 2. The maximum atomic E-state index is 13.7. The van der Waals surface area contributed by atoms with Crippen molar-refractivity contribution in [2.45, 2.75) is 13.3 Å². The van der Waals surface area contributed by atoms with Crippen LogP contribution in [-0.4, -0.2) is 21.3 Å². The van der Waals surface area contributed by atoms with Gasteiger partial charge >= 0.3 is 5.97 Å². The Bertz CT molecular complexity index is 1350. The second-order valence-corrected chi connectivity index (χ2v) is 7.67. The van der Waals surface area contributed by atoms with E-state index in [4.69, 9.17) is 16.7 Å². The summed E-state index contributed by atoms with van der Waals surface area (Å²) in [5.74, 6) is -1.39. The zero-order valence-electron chi connectivity index (χ0n) is 17.3. The van der Waals surface area contributed by atoms with E-state index in [1.165, 1.54) is 12.1 Å². The van der Waals surface area contributed by atoms with Crippen molar-refractivity contribution in [1.29, 1.82) is 0 Å². The van der Waals surface area contributed by atoms with Crippen LogP contribution in [0.1, 0.15) is 35.6 Å². The highest BCUT2D eigenvalue weighted by Gasteiger charge is 2.18. The molecule has 0 radical (unpaired) electrons. The van der Waals surface area contributed by atoms with E-state index in [2.05, 4.69) is 10.2 Å². The van der Waals surface area contributed by atoms with E-state index in [1.54, 1.807) is 18.3 Å². The van der Waals surface area contributed by atoms with Crippen molar-refractivity contribution >= 4 is 45.7 Å². The van der Waals surface area contributed by atoms with Crippen molar-refractivity contribution in [2.24, 2.45) is 0 Å². The second-order valence-electron chi connectivity index (χ2n) is 7.26. The van der Waals surface area contributed by atoms with E-state index in [1.807, 2.05) is 49.4 Å². The molecule has 160 valence electrons. The molecule has 0 aliphatic rings. The first-order valence-corrected chi connectivity index (χ1v) is 10.5. The van der Waals surface area contributed by atoms with Gasteiger partial charge in [-0.05, 0) is 64.1 Å². The van der Waals surface area contributed by atoms with Crippen LogP contribution < -0.4 is 0 Å². The Labute approximate surface area is 189 Å². The zero-order chi connectivity index (χ0) is 22.7. The fourth-order valence-electron chi connectivity index (χ4n) is 3.84. The Morgan fingerprint density at radius 1 is 1.12 bits per heavy atom. The van der Waals surface area contributed by atoms with Gasteiger partial charge in [0, 0.05) is 11.5 Å². The molecule has 0 spiro atoms. The summed E-state index contributed by atoms with van der Waals surface area (Å²) in [6, 6.07) is 18.0. The molecule has 0 bridgehead atoms. The number of carbonyl (C=O) groups is 1. The number of allylic oxidation sites excluding steroid dienone is 1. The summed E-state index contributed by atoms with van der Waals surface area (Å²) in [6.07, 6.45) is 5.10. The molecule has 1 heterocycles. The zero-order valence-corrected chi connectivity index (χ0v) is 18.0. The minimum atomic E-state index is -1.000. The van der Waals surface area contributed by atoms with Gasteiger partial charge < -0.3 is 5.11 Å². The van der Waals surface area contributed by atoms with Crippen LogP contribution in [0, 0.1) is 5.82 Å². The average molecular weight is 447 g/mol. The van der Waals surface area contributed by atoms with E-state index < -0.39 is 5.97 Å². The van der Waals surface area contributed by atoms with Crippen LogP contribution in [0.5, 0.6) is 0 Å². The number of halogens is 2. The van der Waals surface area contributed by atoms with Crippen molar-refractivity contribution in [3.63, 3.8) is 0 Å². The second kappa shape index (κ2) is 9.20. The van der Waals surface area contributed by atoms with E-state index in [0.29, 0.717) is 11.4 Å². The van der Waals surface area contributed by atoms with Gasteiger partial charge in [-0.25, -0.2) is 9.18 Å². The fraction of sp³-hybridized carbons (Fsp3) is 0.0769. The molecule has 2 N–H and O–H groups in total. The molecule has 0 atom stereocenters. The quantitative estimate of drug-likeness (QED) is 0.252. The molecule has 0 aliphatic heterocycles. The highest BCUT2D eigenvalue weighted by Crippen LogP contribution is 2.39. The Hall–Kier alpha value is -3.70. The van der Waals surface area contributed by atoms with E-state index in [9.17, 15) is 9.18 Å². The van der Waals surface area contributed by atoms with Crippen LogP contribution in [-0.2, 0) is 4.79 Å². The Kier molecular flexibility index (Phi) is 6.19. The third-order valence-corrected chi connectivity index (χ3v) is 5.60. The van der Waals surface area contributed by atoms with Crippen molar-refractivity contribution in [3.05, 3.63) is 106 Å². The first-order valence-electron chi connectivity index (χ1n) is 10.1. The first kappa shape index (κ1) is 21.5. The number of benzene rings is 3. The van der Waals surface area contributed by atoms with Crippen molar-refractivity contribution in [2.75, 3.05) is 0 Å². The smallest absolute Gasteiger partial charge is 0.328 e. The van der Waals surface area contributed by atoms with Crippen molar-refractivity contribution < 1.29 is 14.3 Å². The van der Waals surface area contributed by atoms with Crippen LogP contribution in [0.2, 0.25) is 5.02 Å². The lowest BCUT2D eigenvalue weighted by atomic mass is 9.86. The van der Waals surface area contributed by atoms with E-state index >= 15 is 0 Å². The van der Waals surface area contributed by atoms with Gasteiger partial charge in [0.25, 0.3) is 0 Å². The maximum Gasteiger partial charge on any atom is 0.328 e. The number of hydrogen-bond donors (Lipinski definition) is 2. The summed E-state index contributed by atoms with van der Waals surface area (Å²) < 4.78 is 13.7. The molecule has 4 aromatic rings. The summed E-state index contributed by atoms with van der Waals surface area (Å²) >= 11 is 6.46. The number of aliphatic carboxylic acids is 1. The van der Waals surface area contributed by atoms with Gasteiger partial charge in [-0.3, -0.25) is 5.10 Å². The van der Waals surface area contributed by atoms with Gasteiger partial charge in [0.15, 0.2) is 0 Å². The molecular weight excluding hydrogens is 427 g/mol. The van der Waals surface area contributed by atoms with Gasteiger partial charge in [-0.15, -0.1) is 0 Å². The third-order valence-electron chi connectivity index (χ3n) is 5.28. The molecule has 3 aromatic carbocycles. The summed E-state index contributed by atoms with van der Waals surface area (Å²) in [4.78, 5) is 10.8. The number of carboxylic acid groups (broad SMARTS) is 1. The Morgan fingerprint density at radius 2 is 1.91 bits per heavy atom. The normalized spacial score (nSPS) is 12.3. The molecule has 0 unspecified atom stereocenters. The number of H-pyrrole nitrogens is 1. The minimum Gasteiger partial charge on any atom is -0.478 e. The summed E-state index contributed by atoms with van der Waals surface area (Å²) in [7, 11) is 0.